The van der Waals surface area contributed by atoms with E-state index in [9.17, 15) is 50.0 Å². The number of nitro groups is 4. The van der Waals surface area contributed by atoms with Gasteiger partial charge < -0.3 is 15.4 Å². The van der Waals surface area contributed by atoms with Crippen molar-refractivity contribution >= 4 is 45.9 Å². The van der Waals surface area contributed by atoms with E-state index in [1.165, 1.54) is 0 Å². The summed E-state index contributed by atoms with van der Waals surface area (Å²) in [5.74, 6) is -3.67. The molecule has 0 fully saturated rings. The highest BCUT2D eigenvalue weighted by Gasteiger charge is 2.38. The molecule has 2 aromatic carbocycles. The van der Waals surface area contributed by atoms with Crippen LogP contribution in [0.4, 0.5) is 34.1 Å². The average Bonchev–Trinajstić information content (AvgIpc) is 2.79. The Morgan fingerprint density at radius 2 is 0.971 bits per heavy atom. The molecule has 0 heterocycles. The summed E-state index contributed by atoms with van der Waals surface area (Å²) in [5, 5.41) is 50.4. The number of carbonyl (C=O) groups excluding carboxylic acids is 2. The maximum atomic E-state index is 11.6. The summed E-state index contributed by atoms with van der Waals surface area (Å²) in [7, 11) is 0. The summed E-state index contributed by atoms with van der Waals surface area (Å²) in [4.78, 5) is 64.5. The first kappa shape index (κ1) is 25.5. The second kappa shape index (κ2) is 10.3. The first-order chi connectivity index (χ1) is 16.4. The second-order valence-electron chi connectivity index (χ2n) is 6.13. The molecular weight excluding hydrogens is 476 g/mol. The standard InChI is InChI=1S/C18H12N6O11/c1-3-13(25)19-9-5-7-11(17(23(31)32)15(9)21(27)28)35-12-8-6-10(20-14(26)4-2)16(22(29)30)18(12)24(33)34/h3-8H,1-2H2,(H,19,25)(H,20,26). The molecule has 0 saturated carbocycles. The maximum absolute atomic E-state index is 11.6. The lowest BCUT2D eigenvalue weighted by Crippen LogP contribution is -2.11. The van der Waals surface area contributed by atoms with Gasteiger partial charge in [0.15, 0.2) is 0 Å². The van der Waals surface area contributed by atoms with Crippen LogP contribution in [-0.4, -0.2) is 31.5 Å². The minimum absolute atomic E-state index is 0.609. The van der Waals surface area contributed by atoms with E-state index < -0.39 is 77.1 Å². The lowest BCUT2D eigenvalue weighted by molar-refractivity contribution is -0.423. The van der Waals surface area contributed by atoms with Gasteiger partial charge >= 0.3 is 22.7 Å². The third kappa shape index (κ3) is 5.37. The molecule has 0 aliphatic rings. The molecule has 2 rings (SSSR count). The molecule has 0 aromatic heterocycles. The van der Waals surface area contributed by atoms with E-state index in [1.807, 2.05) is 10.6 Å². The van der Waals surface area contributed by atoms with Crippen LogP contribution in [-0.2, 0) is 9.59 Å². The van der Waals surface area contributed by atoms with Gasteiger partial charge in [0, 0.05) is 0 Å². The summed E-state index contributed by atoms with van der Waals surface area (Å²) < 4.78 is 5.16. The zero-order valence-electron chi connectivity index (χ0n) is 17.2. The molecule has 0 aliphatic carbocycles. The van der Waals surface area contributed by atoms with Gasteiger partial charge in [-0.1, -0.05) is 13.2 Å². The average molecular weight is 488 g/mol. The number of benzene rings is 2. The normalized spacial score (nSPS) is 9.94. The fourth-order valence-electron chi connectivity index (χ4n) is 2.70. The molecule has 180 valence electrons. The lowest BCUT2D eigenvalue weighted by atomic mass is 10.2. The Morgan fingerprint density at radius 1 is 0.657 bits per heavy atom. The number of nitro benzene ring substituents is 4. The van der Waals surface area contributed by atoms with Crippen LogP contribution in [0.3, 0.4) is 0 Å². The van der Waals surface area contributed by atoms with Gasteiger partial charge in [-0.2, -0.15) is 0 Å². The minimum Gasteiger partial charge on any atom is -0.442 e. The largest absolute Gasteiger partial charge is 0.442 e. The first-order valence-corrected chi connectivity index (χ1v) is 8.89. The predicted molar refractivity (Wildman–Crippen MR) is 117 cm³/mol. The van der Waals surface area contributed by atoms with Crippen molar-refractivity contribution in [2.45, 2.75) is 0 Å². The van der Waals surface area contributed by atoms with E-state index in [1.54, 1.807) is 0 Å². The van der Waals surface area contributed by atoms with Crippen LogP contribution in [0.1, 0.15) is 0 Å². The van der Waals surface area contributed by atoms with Crippen LogP contribution >= 0.6 is 0 Å². The van der Waals surface area contributed by atoms with Gasteiger partial charge in [-0.15, -0.1) is 0 Å². The van der Waals surface area contributed by atoms with E-state index in [0.717, 1.165) is 36.4 Å². The molecular formula is C18H12N6O11. The van der Waals surface area contributed by atoms with E-state index in [-0.39, 0.29) is 0 Å². The van der Waals surface area contributed by atoms with Crippen molar-refractivity contribution < 1.29 is 34.0 Å². The van der Waals surface area contributed by atoms with E-state index in [0.29, 0.717) is 0 Å². The summed E-state index contributed by atoms with van der Waals surface area (Å²) in [6, 6.07) is 3.27. The zero-order valence-corrected chi connectivity index (χ0v) is 17.2. The van der Waals surface area contributed by atoms with Crippen LogP contribution in [0.15, 0.2) is 49.6 Å². The van der Waals surface area contributed by atoms with Crippen LogP contribution in [0, 0.1) is 40.5 Å². The predicted octanol–water partition coefficient (Wildman–Crippen LogP) is 3.36. The number of amides is 2. The van der Waals surface area contributed by atoms with Crippen LogP contribution < -0.4 is 15.4 Å². The van der Waals surface area contributed by atoms with E-state index >= 15 is 0 Å². The van der Waals surface area contributed by atoms with E-state index in [2.05, 4.69) is 13.2 Å². The third-order valence-electron chi connectivity index (χ3n) is 4.07. The Hall–Kier alpha value is -5.74. The molecule has 0 bridgehead atoms. The quantitative estimate of drug-likeness (QED) is 0.279. The minimum atomic E-state index is -1.31. The number of carbonyl (C=O) groups is 2. The number of nitrogens with zero attached hydrogens (tertiary/aromatic N) is 4. The van der Waals surface area contributed by atoms with Crippen LogP contribution in [0.2, 0.25) is 0 Å². The second-order valence-corrected chi connectivity index (χ2v) is 6.13. The molecule has 0 aliphatic heterocycles. The SMILES string of the molecule is C=CC(=O)Nc1ccc(Oc2ccc(NC(=O)C=C)c([N+](=O)[O-])c2[N+](=O)[O-])c([N+](=O)[O-])c1[N+](=O)[O-]. The van der Waals surface area contributed by atoms with Crippen molar-refractivity contribution in [3.05, 3.63) is 90.0 Å². The van der Waals surface area contributed by atoms with Crippen LogP contribution in [0.5, 0.6) is 11.5 Å². The molecule has 0 unspecified atom stereocenters. The maximum Gasteiger partial charge on any atom is 0.390 e. The van der Waals surface area contributed by atoms with Crippen molar-refractivity contribution in [2.24, 2.45) is 0 Å². The molecule has 2 amide bonds. The fraction of sp³-hybridized carbons (Fsp3) is 0. The Bertz CT molecular complexity index is 1220. The molecule has 0 saturated heterocycles. The molecule has 17 nitrogen and oxygen atoms in total. The highest BCUT2D eigenvalue weighted by atomic mass is 16.7. The number of hydrogen-bond acceptors (Lipinski definition) is 11. The molecule has 0 atom stereocenters. The summed E-state index contributed by atoms with van der Waals surface area (Å²) in [6.07, 6.45) is 1.49. The Labute approximate surface area is 192 Å². The van der Waals surface area contributed by atoms with E-state index in [4.69, 9.17) is 4.74 Å². The molecule has 0 radical (unpaired) electrons. The molecule has 35 heavy (non-hydrogen) atoms. The topological polar surface area (TPSA) is 240 Å². The van der Waals surface area contributed by atoms with Crippen molar-refractivity contribution in [1.82, 2.24) is 0 Å². The number of anilines is 2. The van der Waals surface area contributed by atoms with Gasteiger partial charge in [0.05, 0.1) is 19.7 Å². The Balaban J connectivity index is 2.78. The summed E-state index contributed by atoms with van der Waals surface area (Å²) >= 11 is 0. The number of ether oxygens (including phenoxy) is 1. The molecule has 2 N–H and O–H groups in total. The van der Waals surface area contributed by atoms with Crippen molar-refractivity contribution in [2.75, 3.05) is 10.6 Å². The summed E-state index contributed by atoms with van der Waals surface area (Å²) in [5.41, 5.74) is -6.29. The van der Waals surface area contributed by atoms with Crippen LogP contribution in [0.25, 0.3) is 0 Å². The smallest absolute Gasteiger partial charge is 0.390 e. The summed E-state index contributed by atoms with van der Waals surface area (Å²) in [6.45, 7) is 6.30. The molecule has 17 heteroatoms. The van der Waals surface area contributed by atoms with Gasteiger partial charge in [-0.25, -0.2) is 0 Å². The van der Waals surface area contributed by atoms with Gasteiger partial charge in [-0.3, -0.25) is 50.0 Å². The fourth-order valence-corrected chi connectivity index (χ4v) is 2.70. The number of nitrogens with one attached hydrogen (secondary N) is 2. The van der Waals surface area contributed by atoms with Crippen molar-refractivity contribution in [3.63, 3.8) is 0 Å². The Kier molecular flexibility index (Phi) is 7.47. The zero-order chi connectivity index (χ0) is 26.4. The number of rotatable bonds is 10. The van der Waals surface area contributed by atoms with Crippen molar-refractivity contribution in [3.8, 4) is 11.5 Å². The highest BCUT2D eigenvalue weighted by Crippen LogP contribution is 2.48. The number of hydrogen-bond donors (Lipinski definition) is 2. The molecule has 0 spiro atoms. The van der Waals surface area contributed by atoms with Gasteiger partial charge in [0.25, 0.3) is 0 Å². The van der Waals surface area contributed by atoms with Gasteiger partial charge in [0.2, 0.25) is 23.3 Å². The van der Waals surface area contributed by atoms with Gasteiger partial charge in [0.1, 0.15) is 11.4 Å². The molecule has 2 aromatic rings. The lowest BCUT2D eigenvalue weighted by Gasteiger charge is -2.11. The Morgan fingerprint density at radius 3 is 1.23 bits per heavy atom. The first-order valence-electron chi connectivity index (χ1n) is 8.89. The van der Waals surface area contributed by atoms with Gasteiger partial charge in [-0.05, 0) is 36.4 Å². The van der Waals surface area contributed by atoms with Crippen molar-refractivity contribution in [1.29, 1.82) is 0 Å². The monoisotopic (exact) mass is 488 g/mol. The highest BCUT2D eigenvalue weighted by molar-refractivity contribution is 6.02. The third-order valence-corrected chi connectivity index (χ3v) is 4.07.